The Labute approximate surface area is 135 Å². The van der Waals surface area contributed by atoms with E-state index in [1.807, 2.05) is 0 Å². The number of benzene rings is 2. The second-order valence-electron chi connectivity index (χ2n) is 6.63. The van der Waals surface area contributed by atoms with Gasteiger partial charge in [-0.1, -0.05) is 73.5 Å². The van der Waals surface area contributed by atoms with Crippen LogP contribution in [0.1, 0.15) is 32.6 Å². The minimum Gasteiger partial charge on any atom is -0.405 e. The van der Waals surface area contributed by atoms with E-state index in [-0.39, 0.29) is 0 Å². The fraction of sp³-hybridized carbons (Fsp3) is 0.400. The molecule has 1 aliphatic rings. The van der Waals surface area contributed by atoms with Crippen LogP contribution in [-0.4, -0.2) is 14.4 Å². The van der Waals surface area contributed by atoms with E-state index in [1.165, 1.54) is 36.1 Å². The third-order valence-corrected chi connectivity index (χ3v) is 8.85. The summed E-state index contributed by atoms with van der Waals surface area (Å²) in [5.74, 6) is 0.735. The van der Waals surface area contributed by atoms with E-state index in [2.05, 4.69) is 74.1 Å². The van der Waals surface area contributed by atoms with Crippen molar-refractivity contribution in [3.8, 4) is 0 Å². The van der Waals surface area contributed by atoms with Gasteiger partial charge in [0.2, 0.25) is 0 Å². The molecule has 0 aromatic heterocycles. The monoisotopic (exact) mass is 310 g/mol. The maximum atomic E-state index is 6.83. The molecular formula is C20H26OSi. The summed E-state index contributed by atoms with van der Waals surface area (Å²) in [6, 6.07) is 21.6. The molecule has 22 heavy (non-hydrogen) atoms. The molecule has 1 aliphatic carbocycles. The van der Waals surface area contributed by atoms with Gasteiger partial charge in [-0.25, -0.2) is 0 Å². The van der Waals surface area contributed by atoms with Crippen LogP contribution in [0.15, 0.2) is 60.7 Å². The van der Waals surface area contributed by atoms with Crippen LogP contribution in [0.4, 0.5) is 0 Å². The van der Waals surface area contributed by atoms with E-state index in [0.717, 1.165) is 5.92 Å². The molecule has 1 fully saturated rings. The van der Waals surface area contributed by atoms with E-state index in [4.69, 9.17) is 4.43 Å². The Morgan fingerprint density at radius 2 is 1.32 bits per heavy atom. The fourth-order valence-corrected chi connectivity index (χ4v) is 6.91. The zero-order valence-corrected chi connectivity index (χ0v) is 14.7. The molecular weight excluding hydrogens is 284 g/mol. The Morgan fingerprint density at radius 1 is 0.864 bits per heavy atom. The predicted octanol–water partition coefficient (Wildman–Crippen LogP) is 3.97. The second kappa shape index (κ2) is 6.80. The summed E-state index contributed by atoms with van der Waals surface area (Å²) in [6.45, 7) is 4.64. The molecule has 0 N–H and O–H groups in total. The summed E-state index contributed by atoms with van der Waals surface area (Å²) in [7, 11) is -2.13. The predicted molar refractivity (Wildman–Crippen MR) is 96.3 cm³/mol. The number of rotatable bonds is 5. The minimum atomic E-state index is -2.13. The van der Waals surface area contributed by atoms with Crippen LogP contribution in [0, 0.1) is 5.92 Å². The van der Waals surface area contributed by atoms with Gasteiger partial charge in [0.05, 0.1) is 0 Å². The molecule has 1 saturated carbocycles. The van der Waals surface area contributed by atoms with Gasteiger partial charge in [-0.3, -0.25) is 0 Å². The van der Waals surface area contributed by atoms with E-state index in [1.54, 1.807) is 0 Å². The maximum absolute atomic E-state index is 6.83. The Kier molecular flexibility index (Phi) is 4.80. The van der Waals surface area contributed by atoms with Crippen LogP contribution >= 0.6 is 0 Å². The third kappa shape index (κ3) is 3.18. The molecule has 2 heteroatoms. The molecule has 0 heterocycles. The minimum absolute atomic E-state index is 0.347. The highest BCUT2D eigenvalue weighted by atomic mass is 28.4. The van der Waals surface area contributed by atoms with E-state index in [9.17, 15) is 0 Å². The van der Waals surface area contributed by atoms with Gasteiger partial charge in [0, 0.05) is 6.10 Å². The summed E-state index contributed by atoms with van der Waals surface area (Å²) < 4.78 is 6.83. The van der Waals surface area contributed by atoms with Crippen molar-refractivity contribution in [1.82, 2.24) is 0 Å². The summed E-state index contributed by atoms with van der Waals surface area (Å²) >= 11 is 0. The molecule has 116 valence electrons. The Morgan fingerprint density at radius 3 is 1.77 bits per heavy atom. The van der Waals surface area contributed by atoms with Gasteiger partial charge in [-0.2, -0.15) is 0 Å². The standard InChI is InChI=1S/C20H26OSi/c1-17(18-11-9-10-12-18)21-22(2,19-13-5-3-6-14-19)20-15-7-4-8-16-20/h3-8,13-18H,9-12H2,1-2H3. The van der Waals surface area contributed by atoms with Crippen molar-refractivity contribution in [2.75, 3.05) is 0 Å². The SMILES string of the molecule is CC(O[Si](C)(c1ccccc1)c1ccccc1)C1CCCC1. The van der Waals surface area contributed by atoms with E-state index < -0.39 is 8.32 Å². The summed E-state index contributed by atoms with van der Waals surface area (Å²) in [5.41, 5.74) is 0. The first-order valence-electron chi connectivity index (χ1n) is 8.49. The van der Waals surface area contributed by atoms with Crippen molar-refractivity contribution in [1.29, 1.82) is 0 Å². The van der Waals surface area contributed by atoms with Crippen molar-refractivity contribution in [2.45, 2.75) is 45.3 Å². The lowest BCUT2D eigenvalue weighted by atomic mass is 10.0. The van der Waals surface area contributed by atoms with Crippen LogP contribution in [0.25, 0.3) is 0 Å². The molecule has 0 saturated heterocycles. The van der Waals surface area contributed by atoms with Crippen molar-refractivity contribution < 1.29 is 4.43 Å². The van der Waals surface area contributed by atoms with Gasteiger partial charge in [0.25, 0.3) is 8.32 Å². The second-order valence-corrected chi connectivity index (χ2v) is 10.1. The Hall–Kier alpha value is -1.38. The third-order valence-electron chi connectivity index (χ3n) is 5.13. The molecule has 1 unspecified atom stereocenters. The highest BCUT2D eigenvalue weighted by Crippen LogP contribution is 2.30. The first-order valence-corrected chi connectivity index (χ1v) is 10.9. The molecule has 2 aromatic rings. The van der Waals surface area contributed by atoms with Crippen molar-refractivity contribution in [2.24, 2.45) is 5.92 Å². The molecule has 0 amide bonds. The fourth-order valence-electron chi connectivity index (χ4n) is 3.71. The lowest BCUT2D eigenvalue weighted by Gasteiger charge is -2.34. The van der Waals surface area contributed by atoms with Crippen LogP contribution in [-0.2, 0) is 4.43 Å². The topological polar surface area (TPSA) is 9.23 Å². The largest absolute Gasteiger partial charge is 0.405 e. The maximum Gasteiger partial charge on any atom is 0.253 e. The van der Waals surface area contributed by atoms with Gasteiger partial charge in [-0.15, -0.1) is 0 Å². The molecule has 0 aliphatic heterocycles. The van der Waals surface area contributed by atoms with Gasteiger partial charge >= 0.3 is 0 Å². The average molecular weight is 311 g/mol. The van der Waals surface area contributed by atoms with E-state index >= 15 is 0 Å². The molecule has 1 nitrogen and oxygen atoms in total. The average Bonchev–Trinajstić information content (AvgIpc) is 3.11. The Balaban J connectivity index is 1.93. The van der Waals surface area contributed by atoms with Crippen LogP contribution in [0.2, 0.25) is 6.55 Å². The normalized spacial score (nSPS) is 17.5. The highest BCUT2D eigenvalue weighted by Gasteiger charge is 2.37. The van der Waals surface area contributed by atoms with Crippen LogP contribution in [0.5, 0.6) is 0 Å². The molecule has 0 radical (unpaired) electrons. The first-order chi connectivity index (χ1) is 10.7. The zero-order chi connectivity index (χ0) is 15.4. The first kappa shape index (κ1) is 15.5. The van der Waals surface area contributed by atoms with Gasteiger partial charge in [-0.05, 0) is 42.6 Å². The van der Waals surface area contributed by atoms with E-state index in [0.29, 0.717) is 6.10 Å². The highest BCUT2D eigenvalue weighted by molar-refractivity contribution is 6.96. The lowest BCUT2D eigenvalue weighted by molar-refractivity contribution is 0.151. The van der Waals surface area contributed by atoms with Crippen LogP contribution in [0.3, 0.4) is 0 Å². The lowest BCUT2D eigenvalue weighted by Crippen LogP contribution is -2.60. The van der Waals surface area contributed by atoms with Crippen molar-refractivity contribution in [3.63, 3.8) is 0 Å². The van der Waals surface area contributed by atoms with Gasteiger partial charge < -0.3 is 4.43 Å². The smallest absolute Gasteiger partial charge is 0.253 e. The molecule has 0 spiro atoms. The molecule has 3 rings (SSSR count). The molecule has 0 bridgehead atoms. The molecule has 1 atom stereocenters. The molecule has 2 aromatic carbocycles. The zero-order valence-electron chi connectivity index (χ0n) is 13.7. The van der Waals surface area contributed by atoms with Crippen LogP contribution < -0.4 is 10.4 Å². The Bertz CT molecular complexity index is 536. The summed E-state index contributed by atoms with van der Waals surface area (Å²) in [5, 5.41) is 2.73. The summed E-state index contributed by atoms with van der Waals surface area (Å²) in [6.07, 6.45) is 5.74. The number of hydrogen-bond donors (Lipinski definition) is 0. The van der Waals surface area contributed by atoms with Crippen molar-refractivity contribution >= 4 is 18.7 Å². The van der Waals surface area contributed by atoms with Gasteiger partial charge in [0.1, 0.15) is 0 Å². The quantitative estimate of drug-likeness (QED) is 0.759. The summed E-state index contributed by atoms with van der Waals surface area (Å²) in [4.78, 5) is 0. The van der Waals surface area contributed by atoms with Crippen molar-refractivity contribution in [3.05, 3.63) is 60.7 Å². The van der Waals surface area contributed by atoms with Gasteiger partial charge in [0.15, 0.2) is 0 Å². The number of hydrogen-bond acceptors (Lipinski definition) is 1.